The summed E-state index contributed by atoms with van der Waals surface area (Å²) in [5, 5.41) is 0. The summed E-state index contributed by atoms with van der Waals surface area (Å²) in [6, 6.07) is 13.5. The van der Waals surface area contributed by atoms with Gasteiger partial charge in [-0.3, -0.25) is 4.79 Å². The number of nitrogens with zero attached hydrogens (tertiary/aromatic N) is 1. The lowest BCUT2D eigenvalue weighted by atomic mass is 10.1. The average molecular weight is 330 g/mol. The van der Waals surface area contributed by atoms with Crippen molar-refractivity contribution in [3.63, 3.8) is 0 Å². The van der Waals surface area contributed by atoms with Crippen molar-refractivity contribution in [2.24, 2.45) is 5.73 Å². The third-order valence-electron chi connectivity index (χ3n) is 3.96. The summed E-state index contributed by atoms with van der Waals surface area (Å²) in [4.78, 5) is 14.4. The number of carbonyl (C=O) groups excluding carboxylic acids is 1. The first kappa shape index (κ1) is 17.9. The third-order valence-corrected chi connectivity index (χ3v) is 3.96. The number of hydrogen-bond acceptors (Lipinski definition) is 3. The Bertz CT molecular complexity index is 676. The second-order valence-corrected chi connectivity index (χ2v) is 5.63. The van der Waals surface area contributed by atoms with Gasteiger partial charge in [-0.2, -0.15) is 0 Å². The minimum absolute atomic E-state index is 0.140. The van der Waals surface area contributed by atoms with E-state index in [0.717, 1.165) is 5.56 Å². The van der Waals surface area contributed by atoms with Gasteiger partial charge in [0.25, 0.3) is 5.91 Å². The minimum Gasteiger partial charge on any atom is -0.493 e. The van der Waals surface area contributed by atoms with E-state index in [1.165, 1.54) is 18.2 Å². The van der Waals surface area contributed by atoms with Gasteiger partial charge in [0.15, 0.2) is 0 Å². The molecule has 0 saturated heterocycles. The van der Waals surface area contributed by atoms with Crippen molar-refractivity contribution in [3.05, 3.63) is 65.5 Å². The second kappa shape index (κ2) is 8.45. The quantitative estimate of drug-likeness (QED) is 0.792. The van der Waals surface area contributed by atoms with Gasteiger partial charge in [0, 0.05) is 7.05 Å². The van der Waals surface area contributed by atoms with E-state index in [1.54, 1.807) is 11.9 Å². The number of halogens is 1. The molecule has 1 amide bonds. The number of carbonyl (C=O) groups is 1. The molecule has 0 radical (unpaired) electrons. The molecule has 4 nitrogen and oxygen atoms in total. The number of benzene rings is 2. The number of rotatable bonds is 7. The van der Waals surface area contributed by atoms with Gasteiger partial charge in [-0.25, -0.2) is 4.39 Å². The zero-order valence-electron chi connectivity index (χ0n) is 14.0. The summed E-state index contributed by atoms with van der Waals surface area (Å²) in [6.07, 6.45) is 0.668. The fourth-order valence-electron chi connectivity index (χ4n) is 2.38. The predicted molar refractivity (Wildman–Crippen MR) is 92.5 cm³/mol. The number of hydrogen-bond donors (Lipinski definition) is 1. The topological polar surface area (TPSA) is 55.6 Å². The Hall–Kier alpha value is -2.40. The molecule has 0 spiro atoms. The Kier molecular flexibility index (Phi) is 6.32. The Balaban J connectivity index is 2.22. The summed E-state index contributed by atoms with van der Waals surface area (Å²) in [6.45, 7) is 2.82. The first-order valence-electron chi connectivity index (χ1n) is 7.99. The highest BCUT2D eigenvalue weighted by molar-refractivity contribution is 5.97. The van der Waals surface area contributed by atoms with Crippen LogP contribution in [0, 0.1) is 5.82 Å². The van der Waals surface area contributed by atoms with E-state index in [9.17, 15) is 9.18 Å². The third kappa shape index (κ3) is 4.32. The SMILES string of the molecule is C[C@@H](c1ccccc1)N(C)C(=O)c1cc(F)ccc1OCCCN. The van der Waals surface area contributed by atoms with Crippen LogP contribution in [0.1, 0.15) is 35.3 Å². The van der Waals surface area contributed by atoms with Crippen LogP contribution in [0.3, 0.4) is 0 Å². The smallest absolute Gasteiger partial charge is 0.257 e. The maximum absolute atomic E-state index is 13.6. The van der Waals surface area contributed by atoms with Crippen LogP contribution < -0.4 is 10.5 Å². The first-order valence-corrected chi connectivity index (χ1v) is 7.99. The summed E-state index contributed by atoms with van der Waals surface area (Å²) in [7, 11) is 1.70. The lowest BCUT2D eigenvalue weighted by molar-refractivity contribution is 0.0737. The van der Waals surface area contributed by atoms with Crippen molar-refractivity contribution < 1.29 is 13.9 Å². The normalized spacial score (nSPS) is 11.8. The second-order valence-electron chi connectivity index (χ2n) is 5.63. The van der Waals surface area contributed by atoms with E-state index >= 15 is 0 Å². The van der Waals surface area contributed by atoms with Crippen LogP contribution in [0.4, 0.5) is 4.39 Å². The predicted octanol–water partition coefficient (Wildman–Crippen LogP) is 3.39. The maximum Gasteiger partial charge on any atom is 0.257 e. The molecule has 2 N–H and O–H groups in total. The minimum atomic E-state index is -0.467. The number of ether oxygens (including phenoxy) is 1. The molecule has 128 valence electrons. The molecule has 0 aromatic heterocycles. The van der Waals surface area contributed by atoms with Gasteiger partial charge in [0.1, 0.15) is 11.6 Å². The molecule has 0 aliphatic heterocycles. The molecule has 2 aromatic rings. The largest absolute Gasteiger partial charge is 0.493 e. The lowest BCUT2D eigenvalue weighted by Gasteiger charge is -2.26. The van der Waals surface area contributed by atoms with Crippen molar-refractivity contribution in [3.8, 4) is 5.75 Å². The van der Waals surface area contributed by atoms with Gasteiger partial charge in [0.05, 0.1) is 18.2 Å². The van der Waals surface area contributed by atoms with Crippen LogP contribution in [0.15, 0.2) is 48.5 Å². The highest BCUT2D eigenvalue weighted by Crippen LogP contribution is 2.26. The maximum atomic E-state index is 13.6. The zero-order chi connectivity index (χ0) is 17.5. The molecular formula is C19H23FN2O2. The number of amides is 1. The Morgan fingerprint density at radius 2 is 1.96 bits per heavy atom. The monoisotopic (exact) mass is 330 g/mol. The Labute approximate surface area is 142 Å². The van der Waals surface area contributed by atoms with Crippen molar-refractivity contribution in [1.29, 1.82) is 0 Å². The molecule has 0 bridgehead atoms. The van der Waals surface area contributed by atoms with Crippen LogP contribution in [-0.2, 0) is 0 Å². The molecule has 0 heterocycles. The summed E-state index contributed by atoms with van der Waals surface area (Å²) < 4.78 is 19.2. The van der Waals surface area contributed by atoms with Crippen LogP contribution >= 0.6 is 0 Å². The van der Waals surface area contributed by atoms with Crippen molar-refractivity contribution in [2.45, 2.75) is 19.4 Å². The molecule has 0 unspecified atom stereocenters. The molecular weight excluding hydrogens is 307 g/mol. The summed E-state index contributed by atoms with van der Waals surface area (Å²) in [5.41, 5.74) is 6.68. The Morgan fingerprint density at radius 3 is 2.62 bits per heavy atom. The van der Waals surface area contributed by atoms with Gasteiger partial charge < -0.3 is 15.4 Å². The molecule has 0 fully saturated rings. The summed E-state index contributed by atoms with van der Waals surface area (Å²) in [5.74, 6) is -0.374. The van der Waals surface area contributed by atoms with Crippen LogP contribution in [0.5, 0.6) is 5.75 Å². The molecule has 0 saturated carbocycles. The van der Waals surface area contributed by atoms with Gasteiger partial charge in [-0.15, -0.1) is 0 Å². The Morgan fingerprint density at radius 1 is 1.25 bits per heavy atom. The molecule has 5 heteroatoms. The molecule has 1 atom stereocenters. The van der Waals surface area contributed by atoms with Crippen LogP contribution in [-0.4, -0.2) is 31.0 Å². The highest BCUT2D eigenvalue weighted by Gasteiger charge is 2.22. The average Bonchev–Trinajstić information content (AvgIpc) is 2.62. The molecule has 24 heavy (non-hydrogen) atoms. The standard InChI is InChI=1S/C19H23FN2O2/c1-14(15-7-4-3-5-8-15)22(2)19(23)17-13-16(20)9-10-18(17)24-12-6-11-21/h3-5,7-10,13-14H,6,11-12,21H2,1-2H3/t14-/m0/s1. The van der Waals surface area contributed by atoms with E-state index < -0.39 is 5.82 Å². The lowest BCUT2D eigenvalue weighted by Crippen LogP contribution is -2.30. The molecule has 0 aliphatic carbocycles. The van der Waals surface area contributed by atoms with Crippen LogP contribution in [0.25, 0.3) is 0 Å². The van der Waals surface area contributed by atoms with Gasteiger partial charge in [-0.05, 0) is 43.7 Å². The van der Waals surface area contributed by atoms with E-state index in [0.29, 0.717) is 25.3 Å². The van der Waals surface area contributed by atoms with Gasteiger partial charge in [-0.1, -0.05) is 30.3 Å². The zero-order valence-corrected chi connectivity index (χ0v) is 14.0. The van der Waals surface area contributed by atoms with Crippen molar-refractivity contribution >= 4 is 5.91 Å². The van der Waals surface area contributed by atoms with Gasteiger partial charge >= 0.3 is 0 Å². The fraction of sp³-hybridized carbons (Fsp3) is 0.316. The highest BCUT2D eigenvalue weighted by atomic mass is 19.1. The molecule has 0 aliphatic rings. The van der Waals surface area contributed by atoms with Crippen LogP contribution in [0.2, 0.25) is 0 Å². The summed E-state index contributed by atoms with van der Waals surface area (Å²) >= 11 is 0. The number of nitrogens with two attached hydrogens (primary N) is 1. The molecule has 2 aromatic carbocycles. The fourth-order valence-corrected chi connectivity index (χ4v) is 2.38. The first-order chi connectivity index (χ1) is 11.5. The van der Waals surface area contributed by atoms with E-state index in [2.05, 4.69) is 0 Å². The van der Waals surface area contributed by atoms with Crippen molar-refractivity contribution in [2.75, 3.05) is 20.2 Å². The van der Waals surface area contributed by atoms with Gasteiger partial charge in [0.2, 0.25) is 0 Å². The van der Waals surface area contributed by atoms with E-state index in [1.807, 2.05) is 37.3 Å². The van der Waals surface area contributed by atoms with Crippen molar-refractivity contribution in [1.82, 2.24) is 4.90 Å². The van der Waals surface area contributed by atoms with E-state index in [4.69, 9.17) is 10.5 Å². The van der Waals surface area contributed by atoms with E-state index in [-0.39, 0.29) is 17.5 Å². The molecule has 2 rings (SSSR count).